The second kappa shape index (κ2) is 5.94. The van der Waals surface area contributed by atoms with E-state index in [1.54, 1.807) is 0 Å². The van der Waals surface area contributed by atoms with Crippen LogP contribution in [0.15, 0.2) is 18.2 Å². The van der Waals surface area contributed by atoms with E-state index < -0.39 is 42.6 Å². The highest BCUT2D eigenvalue weighted by Crippen LogP contribution is 2.36. The highest BCUT2D eigenvalue weighted by Gasteiger charge is 2.52. The van der Waals surface area contributed by atoms with Crippen molar-refractivity contribution >= 4 is 24.5 Å². The number of benzene rings is 1. The van der Waals surface area contributed by atoms with E-state index in [2.05, 4.69) is 5.32 Å². The number of carbonyl (C=O) groups excluding carboxylic acids is 1. The largest absolute Gasteiger partial charge is 0.497 e. The Morgan fingerprint density at radius 3 is 2.26 bits per heavy atom. The van der Waals surface area contributed by atoms with Gasteiger partial charge in [0, 0.05) is 11.0 Å². The lowest BCUT2D eigenvalue weighted by molar-refractivity contribution is -0.135. The first-order chi connectivity index (χ1) is 10.5. The zero-order chi connectivity index (χ0) is 17.4. The van der Waals surface area contributed by atoms with Gasteiger partial charge in [0.05, 0.1) is 11.2 Å². The fourth-order valence-corrected chi connectivity index (χ4v) is 2.09. The van der Waals surface area contributed by atoms with E-state index in [-0.39, 0.29) is 11.0 Å². The second-order valence-electron chi connectivity index (χ2n) is 6.40. The third kappa shape index (κ3) is 3.53. The zero-order valence-corrected chi connectivity index (χ0v) is 13.5. The molecule has 6 nitrogen and oxygen atoms in total. The van der Waals surface area contributed by atoms with Crippen molar-refractivity contribution in [2.75, 3.05) is 6.54 Å². The van der Waals surface area contributed by atoms with E-state index in [4.69, 9.17) is 14.4 Å². The SMILES string of the molecule is CC1(C)OB(c2ccc(C(=O)NCC(=O)O)cc2F)OC1(C)C. The molecule has 0 aliphatic carbocycles. The van der Waals surface area contributed by atoms with Gasteiger partial charge < -0.3 is 19.7 Å². The van der Waals surface area contributed by atoms with Crippen LogP contribution in [0, 0.1) is 5.82 Å². The van der Waals surface area contributed by atoms with Gasteiger partial charge in [-0.2, -0.15) is 0 Å². The zero-order valence-electron chi connectivity index (χ0n) is 13.5. The van der Waals surface area contributed by atoms with E-state index in [9.17, 15) is 14.0 Å². The van der Waals surface area contributed by atoms with Crippen molar-refractivity contribution < 1.29 is 28.4 Å². The Balaban J connectivity index is 2.18. The number of carboxylic acids is 1. The molecule has 1 saturated heterocycles. The summed E-state index contributed by atoms with van der Waals surface area (Å²) in [7, 11) is -0.865. The molecule has 1 amide bonds. The Hall–Kier alpha value is -1.93. The number of carbonyl (C=O) groups is 2. The van der Waals surface area contributed by atoms with E-state index in [1.807, 2.05) is 27.7 Å². The third-order valence-electron chi connectivity index (χ3n) is 4.17. The molecular formula is C15H19BFNO5. The van der Waals surface area contributed by atoms with Crippen LogP contribution in [0.2, 0.25) is 0 Å². The summed E-state index contributed by atoms with van der Waals surface area (Å²) in [5, 5.41) is 10.7. The number of carboxylic acid groups (broad SMARTS) is 1. The van der Waals surface area contributed by atoms with Crippen molar-refractivity contribution in [3.05, 3.63) is 29.6 Å². The third-order valence-corrected chi connectivity index (χ3v) is 4.17. The summed E-state index contributed by atoms with van der Waals surface area (Å²) in [6.07, 6.45) is 0. The smallest absolute Gasteiger partial charge is 0.480 e. The molecule has 0 aromatic heterocycles. The monoisotopic (exact) mass is 323 g/mol. The highest BCUT2D eigenvalue weighted by molar-refractivity contribution is 6.62. The van der Waals surface area contributed by atoms with Crippen LogP contribution < -0.4 is 10.8 Å². The summed E-state index contributed by atoms with van der Waals surface area (Å²) in [6.45, 7) is 6.91. The molecule has 0 unspecified atom stereocenters. The molecule has 2 rings (SSSR count). The molecule has 124 valence electrons. The van der Waals surface area contributed by atoms with E-state index in [0.29, 0.717) is 0 Å². The minimum Gasteiger partial charge on any atom is -0.480 e. The summed E-state index contributed by atoms with van der Waals surface area (Å²) in [5.41, 5.74) is -0.967. The molecule has 1 aromatic rings. The standard InChI is InChI=1S/C15H19BFNO5/c1-14(2)15(3,4)23-16(22-14)10-6-5-9(7-11(10)17)13(21)18-8-12(19)20/h5-7H,8H2,1-4H3,(H,18,21)(H,19,20). The normalized spacial score (nSPS) is 18.7. The lowest BCUT2D eigenvalue weighted by Crippen LogP contribution is -2.41. The minimum atomic E-state index is -1.17. The molecule has 0 bridgehead atoms. The van der Waals surface area contributed by atoms with Gasteiger partial charge in [0.2, 0.25) is 0 Å². The van der Waals surface area contributed by atoms with Gasteiger partial charge in [-0.05, 0) is 39.8 Å². The predicted molar refractivity (Wildman–Crippen MR) is 82.1 cm³/mol. The molecule has 1 fully saturated rings. The molecule has 0 saturated carbocycles. The Morgan fingerprint density at radius 1 is 1.22 bits per heavy atom. The minimum absolute atomic E-state index is 0.0315. The fraction of sp³-hybridized carbons (Fsp3) is 0.467. The van der Waals surface area contributed by atoms with E-state index in [0.717, 1.165) is 6.07 Å². The van der Waals surface area contributed by atoms with Crippen LogP contribution in [-0.2, 0) is 14.1 Å². The number of aliphatic carboxylic acids is 1. The average molecular weight is 323 g/mol. The summed E-state index contributed by atoms with van der Waals surface area (Å²) in [4.78, 5) is 22.2. The Kier molecular flexibility index (Phi) is 4.50. The first-order valence-corrected chi connectivity index (χ1v) is 7.18. The maximum absolute atomic E-state index is 14.3. The number of hydrogen-bond acceptors (Lipinski definition) is 4. The van der Waals surface area contributed by atoms with Crippen molar-refractivity contribution in [1.82, 2.24) is 5.32 Å². The van der Waals surface area contributed by atoms with Crippen LogP contribution in [0.4, 0.5) is 4.39 Å². The Labute approximate surface area is 134 Å². The molecule has 23 heavy (non-hydrogen) atoms. The van der Waals surface area contributed by atoms with Crippen LogP contribution >= 0.6 is 0 Å². The van der Waals surface area contributed by atoms with Crippen LogP contribution in [0.5, 0.6) is 0 Å². The van der Waals surface area contributed by atoms with Gasteiger partial charge in [0.25, 0.3) is 5.91 Å². The van der Waals surface area contributed by atoms with E-state index in [1.165, 1.54) is 12.1 Å². The van der Waals surface area contributed by atoms with Crippen molar-refractivity contribution in [2.45, 2.75) is 38.9 Å². The number of hydrogen-bond donors (Lipinski definition) is 2. The second-order valence-corrected chi connectivity index (χ2v) is 6.40. The fourth-order valence-electron chi connectivity index (χ4n) is 2.09. The lowest BCUT2D eigenvalue weighted by atomic mass is 9.78. The van der Waals surface area contributed by atoms with Gasteiger partial charge in [-0.25, -0.2) is 4.39 Å². The molecule has 2 N–H and O–H groups in total. The Bertz CT molecular complexity index is 631. The van der Waals surface area contributed by atoms with Crippen molar-refractivity contribution in [3.63, 3.8) is 0 Å². The first kappa shape index (κ1) is 17.4. The van der Waals surface area contributed by atoms with Crippen molar-refractivity contribution in [3.8, 4) is 0 Å². The summed E-state index contributed by atoms with van der Waals surface area (Å²) >= 11 is 0. The maximum Gasteiger partial charge on any atom is 0.497 e. The predicted octanol–water partition coefficient (Wildman–Crippen LogP) is 0.939. The van der Waals surface area contributed by atoms with Crippen molar-refractivity contribution in [2.24, 2.45) is 0 Å². The van der Waals surface area contributed by atoms with Crippen LogP contribution in [0.1, 0.15) is 38.1 Å². The van der Waals surface area contributed by atoms with Gasteiger partial charge in [-0.1, -0.05) is 6.07 Å². The number of nitrogens with one attached hydrogen (secondary N) is 1. The molecule has 0 radical (unpaired) electrons. The van der Waals surface area contributed by atoms with Crippen LogP contribution in [-0.4, -0.2) is 41.8 Å². The Morgan fingerprint density at radius 2 is 1.78 bits per heavy atom. The molecule has 0 atom stereocenters. The molecular weight excluding hydrogens is 304 g/mol. The highest BCUT2D eigenvalue weighted by atomic mass is 19.1. The van der Waals surface area contributed by atoms with Gasteiger partial charge in [0.1, 0.15) is 12.4 Å². The van der Waals surface area contributed by atoms with E-state index >= 15 is 0 Å². The quantitative estimate of drug-likeness (QED) is 0.806. The van der Waals surface area contributed by atoms with Gasteiger partial charge in [-0.15, -0.1) is 0 Å². The van der Waals surface area contributed by atoms with Crippen molar-refractivity contribution in [1.29, 1.82) is 0 Å². The lowest BCUT2D eigenvalue weighted by Gasteiger charge is -2.32. The summed E-state index contributed by atoms with van der Waals surface area (Å²) in [6, 6.07) is 3.85. The molecule has 1 aromatic carbocycles. The molecule has 1 heterocycles. The topological polar surface area (TPSA) is 84.9 Å². The van der Waals surface area contributed by atoms with Gasteiger partial charge in [0.15, 0.2) is 0 Å². The number of amides is 1. The maximum atomic E-state index is 14.3. The molecule has 1 aliphatic heterocycles. The molecule has 0 spiro atoms. The summed E-state index contributed by atoms with van der Waals surface area (Å²) < 4.78 is 25.8. The number of halogens is 1. The number of rotatable bonds is 4. The summed E-state index contributed by atoms with van der Waals surface area (Å²) in [5.74, 6) is -2.48. The molecule has 8 heteroatoms. The van der Waals surface area contributed by atoms with Crippen LogP contribution in [0.3, 0.4) is 0 Å². The van der Waals surface area contributed by atoms with Gasteiger partial charge in [-0.3, -0.25) is 9.59 Å². The first-order valence-electron chi connectivity index (χ1n) is 7.18. The average Bonchev–Trinajstić information content (AvgIpc) is 2.64. The molecule has 1 aliphatic rings. The van der Waals surface area contributed by atoms with Crippen LogP contribution in [0.25, 0.3) is 0 Å². The van der Waals surface area contributed by atoms with Gasteiger partial charge >= 0.3 is 13.1 Å².